The number of benzene rings is 1. The van der Waals surface area contributed by atoms with Gasteiger partial charge in [-0.3, -0.25) is 0 Å². The number of halogens is 1. The van der Waals surface area contributed by atoms with Gasteiger partial charge in [-0.1, -0.05) is 50.6 Å². The second kappa shape index (κ2) is 11.7. The molecule has 0 saturated carbocycles. The van der Waals surface area contributed by atoms with Gasteiger partial charge >= 0.3 is 0 Å². The van der Waals surface area contributed by atoms with Gasteiger partial charge in [0.05, 0.1) is 5.69 Å². The van der Waals surface area contributed by atoms with E-state index < -0.39 is 0 Å². The Morgan fingerprint density at radius 3 is 2.45 bits per heavy atom. The van der Waals surface area contributed by atoms with Crippen LogP contribution in [0.3, 0.4) is 0 Å². The van der Waals surface area contributed by atoms with E-state index in [9.17, 15) is 4.39 Å². The largest absolute Gasteiger partial charge is 0.366 e. The van der Waals surface area contributed by atoms with E-state index in [0.29, 0.717) is 11.7 Å². The van der Waals surface area contributed by atoms with Crippen molar-refractivity contribution in [3.8, 4) is 0 Å². The molecule has 0 radical (unpaired) electrons. The first-order valence-electron chi connectivity index (χ1n) is 11.4. The smallest absolute Gasteiger partial charge is 0.189 e. The summed E-state index contributed by atoms with van der Waals surface area (Å²) in [6, 6.07) is 7.49. The van der Waals surface area contributed by atoms with Crippen LogP contribution in [0.1, 0.15) is 45.6 Å². The number of rotatable bonds is 10. The Morgan fingerprint density at radius 1 is 1.06 bits per heavy atom. The van der Waals surface area contributed by atoms with Gasteiger partial charge < -0.3 is 15.1 Å². The third-order valence-corrected chi connectivity index (χ3v) is 6.40. The fourth-order valence-electron chi connectivity index (χ4n) is 3.96. The number of anilines is 2. The van der Waals surface area contributed by atoms with Crippen LogP contribution in [-0.4, -0.2) is 48.4 Å². The molecule has 1 fully saturated rings. The van der Waals surface area contributed by atoms with Crippen LogP contribution in [0.2, 0.25) is 0 Å². The summed E-state index contributed by atoms with van der Waals surface area (Å²) < 4.78 is 14.2. The third kappa shape index (κ3) is 6.81. The van der Waals surface area contributed by atoms with Gasteiger partial charge in [-0.15, -0.1) is 0 Å². The van der Waals surface area contributed by atoms with Gasteiger partial charge in [-0.05, 0) is 37.7 Å². The molecule has 1 N–H and O–H groups in total. The summed E-state index contributed by atoms with van der Waals surface area (Å²) in [5.41, 5.74) is 1.82. The zero-order valence-electron chi connectivity index (χ0n) is 19.3. The molecular formula is C24H36FN5S. The molecule has 0 bridgehead atoms. The predicted molar refractivity (Wildman–Crippen MR) is 130 cm³/mol. The number of thioether (sulfide) groups is 1. The molecule has 1 aromatic heterocycles. The first kappa shape index (κ1) is 23.8. The van der Waals surface area contributed by atoms with Crippen LogP contribution in [0.5, 0.6) is 0 Å². The Hall–Kier alpha value is -1.86. The second-order valence-electron chi connectivity index (χ2n) is 8.74. The summed E-state index contributed by atoms with van der Waals surface area (Å²) in [5, 5.41) is 4.45. The maximum atomic E-state index is 14.2. The number of para-hydroxylation sites is 1. The first-order chi connectivity index (χ1) is 15.0. The minimum atomic E-state index is -0.154. The summed E-state index contributed by atoms with van der Waals surface area (Å²) in [6.07, 6.45) is 7.67. The first-order valence-corrected chi connectivity index (χ1v) is 12.6. The molecule has 5 nitrogen and oxygen atoms in total. The highest BCUT2D eigenvalue weighted by molar-refractivity contribution is 7.98. The fourth-order valence-corrected chi connectivity index (χ4v) is 4.30. The minimum absolute atomic E-state index is 0.154. The van der Waals surface area contributed by atoms with E-state index in [0.717, 1.165) is 55.2 Å². The highest BCUT2D eigenvalue weighted by atomic mass is 32.2. The summed E-state index contributed by atoms with van der Waals surface area (Å²) in [4.78, 5) is 13.8. The average molecular weight is 446 g/mol. The van der Waals surface area contributed by atoms with E-state index in [2.05, 4.69) is 40.9 Å². The van der Waals surface area contributed by atoms with E-state index in [1.807, 2.05) is 24.6 Å². The molecule has 1 aromatic carbocycles. The Balaban J connectivity index is 1.63. The summed E-state index contributed by atoms with van der Waals surface area (Å²) in [5.74, 6) is 1.61. The molecular weight excluding hydrogens is 409 g/mol. The Morgan fingerprint density at radius 2 is 1.77 bits per heavy atom. The molecule has 2 aromatic rings. The SMILES string of the molecule is CSc1ncc(CN[C@@H](C)CCCC(C)C)c(N2CCN(c3ccccc3F)CC2)n1. The zero-order valence-corrected chi connectivity index (χ0v) is 20.1. The molecule has 31 heavy (non-hydrogen) atoms. The molecule has 0 spiro atoms. The van der Waals surface area contributed by atoms with Crippen LogP contribution in [-0.2, 0) is 6.54 Å². The molecule has 0 unspecified atom stereocenters. The Kier molecular flexibility index (Phi) is 8.96. The normalized spacial score (nSPS) is 15.5. The number of nitrogens with zero attached hydrogens (tertiary/aromatic N) is 4. The lowest BCUT2D eigenvalue weighted by Gasteiger charge is -2.37. The van der Waals surface area contributed by atoms with Gasteiger partial charge in [0.25, 0.3) is 0 Å². The highest BCUT2D eigenvalue weighted by Crippen LogP contribution is 2.25. The predicted octanol–water partition coefficient (Wildman–Crippen LogP) is 4.97. The third-order valence-electron chi connectivity index (χ3n) is 5.83. The number of aromatic nitrogens is 2. The summed E-state index contributed by atoms with van der Waals surface area (Å²) in [7, 11) is 0. The van der Waals surface area contributed by atoms with Crippen molar-refractivity contribution in [1.29, 1.82) is 0 Å². The molecule has 0 amide bonds. The lowest BCUT2D eigenvalue weighted by molar-refractivity contribution is 0.456. The molecule has 2 heterocycles. The van der Waals surface area contributed by atoms with Crippen LogP contribution >= 0.6 is 11.8 Å². The number of piperazine rings is 1. The van der Waals surface area contributed by atoms with Crippen molar-refractivity contribution < 1.29 is 4.39 Å². The van der Waals surface area contributed by atoms with Crippen molar-refractivity contribution in [2.45, 2.75) is 57.8 Å². The monoisotopic (exact) mass is 445 g/mol. The van der Waals surface area contributed by atoms with Crippen molar-refractivity contribution in [3.63, 3.8) is 0 Å². The van der Waals surface area contributed by atoms with Gasteiger partial charge in [0, 0.05) is 50.5 Å². The molecule has 1 aliphatic rings. The molecule has 170 valence electrons. The van der Waals surface area contributed by atoms with Crippen LogP contribution in [0.15, 0.2) is 35.6 Å². The van der Waals surface area contributed by atoms with E-state index >= 15 is 0 Å². The molecule has 1 aliphatic heterocycles. The molecule has 1 atom stereocenters. The van der Waals surface area contributed by atoms with Gasteiger partial charge in [-0.25, -0.2) is 14.4 Å². The van der Waals surface area contributed by atoms with E-state index in [-0.39, 0.29) is 5.82 Å². The van der Waals surface area contributed by atoms with Crippen molar-refractivity contribution in [2.75, 3.05) is 42.2 Å². The lowest BCUT2D eigenvalue weighted by atomic mass is 10.0. The Bertz CT molecular complexity index is 823. The molecule has 7 heteroatoms. The highest BCUT2D eigenvalue weighted by Gasteiger charge is 2.23. The Labute approximate surface area is 190 Å². The number of hydrogen-bond donors (Lipinski definition) is 1. The fraction of sp³-hybridized carbons (Fsp3) is 0.583. The van der Waals surface area contributed by atoms with Crippen LogP contribution in [0, 0.1) is 11.7 Å². The molecule has 0 aliphatic carbocycles. The van der Waals surface area contributed by atoms with Gasteiger partial charge in [0.1, 0.15) is 11.6 Å². The van der Waals surface area contributed by atoms with Crippen molar-refractivity contribution in [1.82, 2.24) is 15.3 Å². The van der Waals surface area contributed by atoms with Gasteiger partial charge in [0.2, 0.25) is 0 Å². The maximum absolute atomic E-state index is 14.2. The van der Waals surface area contributed by atoms with Crippen molar-refractivity contribution in [2.24, 2.45) is 5.92 Å². The van der Waals surface area contributed by atoms with Gasteiger partial charge in [0.15, 0.2) is 5.16 Å². The quantitative estimate of drug-likeness (QED) is 0.412. The summed E-state index contributed by atoms with van der Waals surface area (Å²) in [6.45, 7) is 10.8. The van der Waals surface area contributed by atoms with Crippen molar-refractivity contribution in [3.05, 3.63) is 41.8 Å². The van der Waals surface area contributed by atoms with Crippen LogP contribution < -0.4 is 15.1 Å². The average Bonchev–Trinajstić information content (AvgIpc) is 2.78. The minimum Gasteiger partial charge on any atom is -0.366 e. The van der Waals surface area contributed by atoms with E-state index in [1.165, 1.54) is 25.3 Å². The lowest BCUT2D eigenvalue weighted by Crippen LogP contribution is -2.47. The van der Waals surface area contributed by atoms with Gasteiger partial charge in [-0.2, -0.15) is 0 Å². The molecule has 1 saturated heterocycles. The van der Waals surface area contributed by atoms with Crippen LogP contribution in [0.4, 0.5) is 15.9 Å². The topological polar surface area (TPSA) is 44.3 Å². The van der Waals surface area contributed by atoms with Crippen molar-refractivity contribution >= 4 is 23.3 Å². The summed E-state index contributed by atoms with van der Waals surface area (Å²) >= 11 is 1.56. The van der Waals surface area contributed by atoms with E-state index in [1.54, 1.807) is 17.8 Å². The maximum Gasteiger partial charge on any atom is 0.189 e. The van der Waals surface area contributed by atoms with E-state index in [4.69, 9.17) is 4.98 Å². The number of nitrogens with one attached hydrogen (secondary N) is 1. The molecule has 3 rings (SSSR count). The zero-order chi connectivity index (χ0) is 22.2. The van der Waals surface area contributed by atoms with Crippen LogP contribution in [0.25, 0.3) is 0 Å². The second-order valence-corrected chi connectivity index (χ2v) is 9.51. The number of hydrogen-bond acceptors (Lipinski definition) is 6. The standard InChI is InChI=1S/C24H36FN5S/c1-18(2)8-7-9-19(3)26-16-20-17-27-24(31-4)28-23(20)30-14-12-29(13-15-30)22-11-6-5-10-21(22)25/h5-6,10-11,17-19,26H,7-9,12-16H2,1-4H3/t19-/m0/s1.